The van der Waals surface area contributed by atoms with E-state index < -0.39 is 17.9 Å². The molecular formula is C15H19F3N4O2. The summed E-state index contributed by atoms with van der Waals surface area (Å²) in [6.07, 6.45) is -3.13. The molecule has 0 saturated carbocycles. The summed E-state index contributed by atoms with van der Waals surface area (Å²) in [5.41, 5.74) is -1.07. The largest absolute Gasteiger partial charge is 0.467 e. The summed E-state index contributed by atoms with van der Waals surface area (Å²) in [5, 5.41) is 14.8. The van der Waals surface area contributed by atoms with Crippen molar-refractivity contribution in [3.05, 3.63) is 35.9 Å². The highest BCUT2D eigenvalue weighted by atomic mass is 19.4. The second-order valence-electron chi connectivity index (χ2n) is 5.57. The molecule has 0 unspecified atom stereocenters. The summed E-state index contributed by atoms with van der Waals surface area (Å²) < 4.78 is 44.2. The van der Waals surface area contributed by atoms with Gasteiger partial charge in [0.25, 0.3) is 0 Å². The number of alkyl halides is 3. The number of anilines is 2. The van der Waals surface area contributed by atoms with Crippen molar-refractivity contribution >= 4 is 11.8 Å². The molecule has 2 rings (SSSR count). The number of nitrogens with zero attached hydrogens (tertiary/aromatic N) is 2. The van der Waals surface area contributed by atoms with Crippen LogP contribution in [0.15, 0.2) is 28.9 Å². The maximum Gasteiger partial charge on any atom is 0.433 e. The number of aliphatic hydroxyl groups excluding tert-OH is 1. The van der Waals surface area contributed by atoms with Crippen LogP contribution in [0.3, 0.4) is 0 Å². The molecule has 2 aromatic rings. The monoisotopic (exact) mass is 344 g/mol. The lowest BCUT2D eigenvalue weighted by molar-refractivity contribution is -0.141. The minimum absolute atomic E-state index is 0.00679. The first-order valence-corrected chi connectivity index (χ1v) is 7.39. The molecule has 1 atom stereocenters. The van der Waals surface area contributed by atoms with E-state index in [1.165, 1.54) is 6.26 Å². The van der Waals surface area contributed by atoms with Gasteiger partial charge >= 0.3 is 6.18 Å². The third kappa shape index (κ3) is 4.85. The highest BCUT2D eigenvalue weighted by Crippen LogP contribution is 2.30. The summed E-state index contributed by atoms with van der Waals surface area (Å²) in [4.78, 5) is 7.53. The van der Waals surface area contributed by atoms with E-state index in [0.717, 1.165) is 6.07 Å². The number of hydrogen-bond donors (Lipinski definition) is 3. The molecular weight excluding hydrogens is 325 g/mol. The highest BCUT2D eigenvalue weighted by Gasteiger charge is 2.34. The summed E-state index contributed by atoms with van der Waals surface area (Å²) in [6.45, 7) is 3.61. The third-order valence-corrected chi connectivity index (χ3v) is 3.36. The summed E-state index contributed by atoms with van der Waals surface area (Å²) >= 11 is 0. The van der Waals surface area contributed by atoms with Crippen LogP contribution in [0.25, 0.3) is 0 Å². The van der Waals surface area contributed by atoms with Crippen molar-refractivity contribution in [1.82, 2.24) is 9.97 Å². The van der Waals surface area contributed by atoms with E-state index in [1.807, 2.05) is 13.8 Å². The van der Waals surface area contributed by atoms with Crippen LogP contribution >= 0.6 is 0 Å². The lowest BCUT2D eigenvalue weighted by Gasteiger charge is -2.21. The van der Waals surface area contributed by atoms with Gasteiger partial charge in [0.15, 0.2) is 5.69 Å². The standard InChI is InChI=1S/C15H19F3N4O2/c1-9(2)11(8-23)20-14-21-12(15(16,17)18)6-13(22-14)19-7-10-4-3-5-24-10/h3-6,9,11,23H,7-8H2,1-2H3,(H2,19,20,21,22)/t11-/m0/s1. The lowest BCUT2D eigenvalue weighted by atomic mass is 10.1. The fourth-order valence-corrected chi connectivity index (χ4v) is 1.93. The smallest absolute Gasteiger partial charge is 0.433 e. The molecule has 3 N–H and O–H groups in total. The topological polar surface area (TPSA) is 83.2 Å². The molecule has 0 aliphatic rings. The number of hydrogen-bond acceptors (Lipinski definition) is 6. The first kappa shape index (κ1) is 18.1. The minimum Gasteiger partial charge on any atom is -0.467 e. The molecule has 6 nitrogen and oxygen atoms in total. The summed E-state index contributed by atoms with van der Waals surface area (Å²) in [6, 6.07) is 3.75. The molecule has 0 fully saturated rings. The number of halogens is 3. The number of aliphatic hydroxyl groups is 1. The van der Waals surface area contributed by atoms with E-state index >= 15 is 0 Å². The summed E-state index contributed by atoms with van der Waals surface area (Å²) in [5.74, 6) is 0.371. The van der Waals surface area contributed by atoms with E-state index in [4.69, 9.17) is 4.42 Å². The number of aromatic nitrogens is 2. The summed E-state index contributed by atoms with van der Waals surface area (Å²) in [7, 11) is 0. The molecule has 0 radical (unpaired) electrons. The van der Waals surface area contributed by atoms with Gasteiger partial charge in [-0.2, -0.15) is 18.2 Å². The first-order valence-electron chi connectivity index (χ1n) is 7.39. The van der Waals surface area contributed by atoms with Crippen LogP contribution in [0.1, 0.15) is 25.3 Å². The first-order chi connectivity index (χ1) is 11.3. The molecule has 0 spiro atoms. The van der Waals surface area contributed by atoms with Gasteiger partial charge in [-0.1, -0.05) is 13.8 Å². The van der Waals surface area contributed by atoms with E-state index in [2.05, 4.69) is 20.6 Å². The van der Waals surface area contributed by atoms with Crippen molar-refractivity contribution in [3.63, 3.8) is 0 Å². The van der Waals surface area contributed by atoms with Crippen LogP contribution in [0.5, 0.6) is 0 Å². The van der Waals surface area contributed by atoms with E-state index in [-0.39, 0.29) is 30.8 Å². The maximum absolute atomic E-state index is 13.0. The fraction of sp³-hybridized carbons (Fsp3) is 0.467. The number of rotatable bonds is 7. The molecule has 9 heteroatoms. The Kier molecular flexibility index (Phi) is 5.66. The Balaban J connectivity index is 2.23. The van der Waals surface area contributed by atoms with Gasteiger partial charge < -0.3 is 20.2 Å². The minimum atomic E-state index is -4.60. The van der Waals surface area contributed by atoms with Gasteiger partial charge in [0.05, 0.1) is 25.5 Å². The van der Waals surface area contributed by atoms with Crippen LogP contribution < -0.4 is 10.6 Å². The van der Waals surface area contributed by atoms with Crippen molar-refractivity contribution < 1.29 is 22.7 Å². The predicted octanol–water partition coefficient (Wildman–Crippen LogP) is 3.13. The van der Waals surface area contributed by atoms with Crippen LogP contribution in [0.2, 0.25) is 0 Å². The molecule has 0 saturated heterocycles. The normalized spacial score (nSPS) is 13.1. The van der Waals surface area contributed by atoms with Gasteiger partial charge in [-0.25, -0.2) is 4.98 Å². The lowest BCUT2D eigenvalue weighted by Crippen LogP contribution is -2.30. The molecule has 0 aliphatic carbocycles. The van der Waals surface area contributed by atoms with Gasteiger partial charge in [0, 0.05) is 6.07 Å². The zero-order chi connectivity index (χ0) is 17.7. The molecule has 2 aromatic heterocycles. The molecule has 0 amide bonds. The van der Waals surface area contributed by atoms with Gasteiger partial charge in [-0.05, 0) is 18.1 Å². The Morgan fingerprint density at radius 2 is 2.04 bits per heavy atom. The Hall–Kier alpha value is -2.29. The third-order valence-electron chi connectivity index (χ3n) is 3.36. The zero-order valence-electron chi connectivity index (χ0n) is 13.3. The van der Waals surface area contributed by atoms with Crippen LogP contribution in [0, 0.1) is 5.92 Å². The average Bonchev–Trinajstić information content (AvgIpc) is 3.02. The zero-order valence-corrected chi connectivity index (χ0v) is 13.3. The molecule has 0 bridgehead atoms. The number of furan rings is 1. The molecule has 0 aliphatic heterocycles. The van der Waals surface area contributed by atoms with Crippen molar-refractivity contribution in [3.8, 4) is 0 Å². The second kappa shape index (κ2) is 7.52. The van der Waals surface area contributed by atoms with Crippen LogP contribution in [-0.4, -0.2) is 27.7 Å². The van der Waals surface area contributed by atoms with Crippen molar-refractivity contribution in [2.45, 2.75) is 32.6 Å². The van der Waals surface area contributed by atoms with Gasteiger partial charge in [-0.3, -0.25) is 0 Å². The van der Waals surface area contributed by atoms with Gasteiger partial charge in [0.1, 0.15) is 11.6 Å². The van der Waals surface area contributed by atoms with E-state index in [0.29, 0.717) is 5.76 Å². The van der Waals surface area contributed by atoms with Gasteiger partial charge in [-0.15, -0.1) is 0 Å². The Morgan fingerprint density at radius 3 is 2.58 bits per heavy atom. The van der Waals surface area contributed by atoms with Crippen LogP contribution in [0.4, 0.5) is 24.9 Å². The Morgan fingerprint density at radius 1 is 1.29 bits per heavy atom. The Bertz CT molecular complexity index is 645. The predicted molar refractivity (Wildman–Crippen MR) is 82.4 cm³/mol. The second-order valence-corrected chi connectivity index (χ2v) is 5.57. The number of nitrogens with one attached hydrogen (secondary N) is 2. The highest BCUT2D eigenvalue weighted by molar-refractivity contribution is 5.43. The Labute approximate surface area is 137 Å². The average molecular weight is 344 g/mol. The van der Waals surface area contributed by atoms with Gasteiger partial charge in [0.2, 0.25) is 5.95 Å². The maximum atomic E-state index is 13.0. The quantitative estimate of drug-likeness (QED) is 0.716. The fourth-order valence-electron chi connectivity index (χ4n) is 1.93. The van der Waals surface area contributed by atoms with E-state index in [1.54, 1.807) is 12.1 Å². The van der Waals surface area contributed by atoms with Crippen LogP contribution in [-0.2, 0) is 12.7 Å². The molecule has 2 heterocycles. The van der Waals surface area contributed by atoms with Crippen molar-refractivity contribution in [1.29, 1.82) is 0 Å². The molecule has 0 aromatic carbocycles. The molecule has 24 heavy (non-hydrogen) atoms. The van der Waals surface area contributed by atoms with E-state index in [9.17, 15) is 18.3 Å². The van der Waals surface area contributed by atoms with Crippen molar-refractivity contribution in [2.24, 2.45) is 5.92 Å². The van der Waals surface area contributed by atoms with Crippen molar-refractivity contribution in [2.75, 3.05) is 17.2 Å². The molecule has 132 valence electrons. The SMILES string of the molecule is CC(C)[C@H](CO)Nc1nc(NCc2ccco2)cc(C(F)(F)F)n1.